The van der Waals surface area contributed by atoms with Gasteiger partial charge in [0.2, 0.25) is 0 Å². The van der Waals surface area contributed by atoms with Crippen molar-refractivity contribution in [3.05, 3.63) is 59.4 Å². The molecule has 0 unspecified atom stereocenters. The van der Waals surface area contributed by atoms with Gasteiger partial charge in [-0.25, -0.2) is 4.39 Å². The summed E-state index contributed by atoms with van der Waals surface area (Å²) in [6.45, 7) is 2.04. The Bertz CT molecular complexity index is 579. The molecule has 0 saturated heterocycles. The standard InChI is InChI=1S/C17H19FO3/c1-12(19)16-11-14(18)5-8-17(16)21-10-9-13-3-6-15(20-2)7-4-13/h3-8,11-12,19H,9-10H2,1-2H3/t12-/m0/s1. The van der Waals surface area contributed by atoms with Crippen molar-refractivity contribution in [2.75, 3.05) is 13.7 Å². The molecular weight excluding hydrogens is 271 g/mol. The van der Waals surface area contributed by atoms with Crippen molar-refractivity contribution in [1.29, 1.82) is 0 Å². The predicted octanol–water partition coefficient (Wildman–Crippen LogP) is 3.51. The molecule has 0 aliphatic heterocycles. The molecule has 0 heterocycles. The summed E-state index contributed by atoms with van der Waals surface area (Å²) < 4.78 is 23.9. The Morgan fingerprint density at radius 3 is 2.48 bits per heavy atom. The Morgan fingerprint density at radius 2 is 1.86 bits per heavy atom. The van der Waals surface area contributed by atoms with E-state index in [1.807, 2.05) is 24.3 Å². The monoisotopic (exact) mass is 290 g/mol. The number of ether oxygens (including phenoxy) is 2. The third-order valence-corrected chi connectivity index (χ3v) is 3.23. The van der Waals surface area contributed by atoms with E-state index in [1.165, 1.54) is 12.1 Å². The van der Waals surface area contributed by atoms with E-state index in [-0.39, 0.29) is 5.82 Å². The van der Waals surface area contributed by atoms with Gasteiger partial charge in [0.25, 0.3) is 0 Å². The van der Waals surface area contributed by atoms with Gasteiger partial charge in [-0.2, -0.15) is 0 Å². The molecule has 2 aromatic carbocycles. The highest BCUT2D eigenvalue weighted by Crippen LogP contribution is 2.26. The second-order valence-corrected chi connectivity index (χ2v) is 4.80. The maximum Gasteiger partial charge on any atom is 0.125 e. The van der Waals surface area contributed by atoms with Crippen LogP contribution < -0.4 is 9.47 Å². The normalized spacial score (nSPS) is 12.0. The van der Waals surface area contributed by atoms with Crippen molar-refractivity contribution in [2.45, 2.75) is 19.4 Å². The molecule has 1 atom stereocenters. The Balaban J connectivity index is 1.96. The zero-order valence-electron chi connectivity index (χ0n) is 12.2. The fourth-order valence-corrected chi connectivity index (χ4v) is 2.05. The lowest BCUT2D eigenvalue weighted by atomic mass is 10.1. The maximum absolute atomic E-state index is 13.2. The molecule has 0 aliphatic carbocycles. The number of hydrogen-bond donors (Lipinski definition) is 1. The second-order valence-electron chi connectivity index (χ2n) is 4.80. The van der Waals surface area contributed by atoms with E-state index in [4.69, 9.17) is 9.47 Å². The fourth-order valence-electron chi connectivity index (χ4n) is 2.05. The summed E-state index contributed by atoms with van der Waals surface area (Å²) in [5, 5.41) is 9.64. The fraction of sp³-hybridized carbons (Fsp3) is 0.294. The lowest BCUT2D eigenvalue weighted by molar-refractivity contribution is 0.191. The molecule has 0 radical (unpaired) electrons. The van der Waals surface area contributed by atoms with Crippen molar-refractivity contribution in [2.24, 2.45) is 0 Å². The number of methoxy groups -OCH3 is 1. The molecule has 0 amide bonds. The summed E-state index contributed by atoms with van der Waals surface area (Å²) >= 11 is 0. The summed E-state index contributed by atoms with van der Waals surface area (Å²) in [4.78, 5) is 0. The molecule has 4 heteroatoms. The third kappa shape index (κ3) is 4.20. The first-order valence-electron chi connectivity index (χ1n) is 6.83. The van der Waals surface area contributed by atoms with Crippen LogP contribution in [0.4, 0.5) is 4.39 Å². The van der Waals surface area contributed by atoms with E-state index < -0.39 is 6.10 Å². The van der Waals surface area contributed by atoms with Gasteiger partial charge in [-0.1, -0.05) is 12.1 Å². The highest BCUT2D eigenvalue weighted by Gasteiger charge is 2.10. The molecule has 2 rings (SSSR count). The van der Waals surface area contributed by atoms with Crippen LogP contribution in [0.25, 0.3) is 0 Å². The molecule has 0 bridgehead atoms. The Labute approximate surface area is 124 Å². The number of halogens is 1. The average Bonchev–Trinajstić information content (AvgIpc) is 2.49. The zero-order chi connectivity index (χ0) is 15.2. The smallest absolute Gasteiger partial charge is 0.125 e. The minimum Gasteiger partial charge on any atom is -0.497 e. The number of rotatable bonds is 6. The second kappa shape index (κ2) is 7.09. The molecule has 112 valence electrons. The molecule has 0 aliphatic rings. The van der Waals surface area contributed by atoms with Gasteiger partial charge in [0.1, 0.15) is 17.3 Å². The van der Waals surface area contributed by atoms with Gasteiger partial charge in [-0.15, -0.1) is 0 Å². The van der Waals surface area contributed by atoms with Crippen molar-refractivity contribution in [3.8, 4) is 11.5 Å². The van der Waals surface area contributed by atoms with Crippen LogP contribution in [0.5, 0.6) is 11.5 Å². The van der Waals surface area contributed by atoms with Gasteiger partial charge in [-0.05, 0) is 42.8 Å². The van der Waals surface area contributed by atoms with E-state index >= 15 is 0 Å². The summed E-state index contributed by atoms with van der Waals surface area (Å²) in [6, 6.07) is 11.9. The Kier molecular flexibility index (Phi) is 5.17. The van der Waals surface area contributed by atoms with Crippen LogP contribution >= 0.6 is 0 Å². The average molecular weight is 290 g/mol. The molecule has 0 saturated carbocycles. The van der Waals surface area contributed by atoms with Crippen LogP contribution in [-0.4, -0.2) is 18.8 Å². The van der Waals surface area contributed by atoms with E-state index in [1.54, 1.807) is 20.1 Å². The van der Waals surface area contributed by atoms with Gasteiger partial charge in [0.15, 0.2) is 0 Å². The van der Waals surface area contributed by atoms with Gasteiger partial charge >= 0.3 is 0 Å². The van der Waals surface area contributed by atoms with E-state index in [9.17, 15) is 9.50 Å². The van der Waals surface area contributed by atoms with Crippen LogP contribution in [0.1, 0.15) is 24.2 Å². The van der Waals surface area contributed by atoms with E-state index in [2.05, 4.69) is 0 Å². The summed E-state index contributed by atoms with van der Waals surface area (Å²) in [5.74, 6) is 0.947. The molecule has 0 spiro atoms. The van der Waals surface area contributed by atoms with Gasteiger partial charge in [0.05, 0.1) is 19.8 Å². The largest absolute Gasteiger partial charge is 0.497 e. The zero-order valence-corrected chi connectivity index (χ0v) is 12.2. The first-order valence-corrected chi connectivity index (χ1v) is 6.83. The van der Waals surface area contributed by atoms with Gasteiger partial charge < -0.3 is 14.6 Å². The van der Waals surface area contributed by atoms with Crippen LogP contribution in [0.15, 0.2) is 42.5 Å². The number of aliphatic hydroxyl groups is 1. The van der Waals surface area contributed by atoms with E-state index in [0.29, 0.717) is 17.9 Å². The highest BCUT2D eigenvalue weighted by atomic mass is 19.1. The SMILES string of the molecule is COc1ccc(CCOc2ccc(F)cc2[C@H](C)O)cc1. The van der Waals surface area contributed by atoms with E-state index in [0.717, 1.165) is 17.7 Å². The molecule has 21 heavy (non-hydrogen) atoms. The Hall–Kier alpha value is -2.07. The highest BCUT2D eigenvalue weighted by molar-refractivity contribution is 5.35. The molecule has 2 aromatic rings. The molecule has 0 fully saturated rings. The molecular formula is C17H19FO3. The summed E-state index contributed by atoms with van der Waals surface area (Å²) in [7, 11) is 1.63. The quantitative estimate of drug-likeness (QED) is 0.885. The van der Waals surface area contributed by atoms with Crippen molar-refractivity contribution < 1.29 is 19.0 Å². The predicted molar refractivity (Wildman–Crippen MR) is 79.2 cm³/mol. The first kappa shape index (κ1) is 15.3. The van der Waals surface area contributed by atoms with Crippen LogP contribution in [-0.2, 0) is 6.42 Å². The number of aliphatic hydroxyl groups excluding tert-OH is 1. The number of benzene rings is 2. The van der Waals surface area contributed by atoms with Crippen LogP contribution in [0, 0.1) is 5.82 Å². The minimum atomic E-state index is -0.767. The first-order chi connectivity index (χ1) is 10.1. The van der Waals surface area contributed by atoms with Crippen LogP contribution in [0.3, 0.4) is 0 Å². The van der Waals surface area contributed by atoms with Crippen molar-refractivity contribution in [3.63, 3.8) is 0 Å². The van der Waals surface area contributed by atoms with Crippen molar-refractivity contribution in [1.82, 2.24) is 0 Å². The molecule has 3 nitrogen and oxygen atoms in total. The van der Waals surface area contributed by atoms with Gasteiger partial charge in [0, 0.05) is 12.0 Å². The summed E-state index contributed by atoms with van der Waals surface area (Å²) in [5.41, 5.74) is 1.58. The van der Waals surface area contributed by atoms with Gasteiger partial charge in [-0.3, -0.25) is 0 Å². The number of hydrogen-bond acceptors (Lipinski definition) is 3. The lowest BCUT2D eigenvalue weighted by Gasteiger charge is -2.13. The minimum absolute atomic E-state index is 0.381. The lowest BCUT2D eigenvalue weighted by Crippen LogP contribution is -2.05. The molecule has 1 N–H and O–H groups in total. The van der Waals surface area contributed by atoms with Crippen molar-refractivity contribution >= 4 is 0 Å². The topological polar surface area (TPSA) is 38.7 Å². The van der Waals surface area contributed by atoms with Crippen LogP contribution in [0.2, 0.25) is 0 Å². The molecule has 0 aromatic heterocycles. The third-order valence-electron chi connectivity index (χ3n) is 3.23. The maximum atomic E-state index is 13.2. The Morgan fingerprint density at radius 1 is 1.14 bits per heavy atom. The summed E-state index contributed by atoms with van der Waals surface area (Å²) in [6.07, 6.45) is -0.0441.